The maximum absolute atomic E-state index is 13.2. The third kappa shape index (κ3) is 3.76. The van der Waals surface area contributed by atoms with E-state index in [-0.39, 0.29) is 11.4 Å². The zero-order valence-electron chi connectivity index (χ0n) is 16.0. The number of hydrogen-bond donors (Lipinski definition) is 0. The van der Waals surface area contributed by atoms with Crippen LogP contribution in [-0.4, -0.2) is 20.9 Å². The average molecular weight is 407 g/mol. The molecule has 0 aromatic heterocycles. The fourth-order valence-electron chi connectivity index (χ4n) is 3.48. The number of ether oxygens (including phenoxy) is 1. The summed E-state index contributed by atoms with van der Waals surface area (Å²) in [5.74, 6) is -0.416. The van der Waals surface area contributed by atoms with Crippen molar-refractivity contribution in [3.63, 3.8) is 0 Å². The minimum absolute atomic E-state index is 0.236. The molecule has 1 heterocycles. The van der Waals surface area contributed by atoms with E-state index in [4.69, 9.17) is 4.74 Å². The van der Waals surface area contributed by atoms with Crippen LogP contribution >= 0.6 is 0 Å². The molecule has 6 heteroatoms. The number of esters is 1. The quantitative estimate of drug-likeness (QED) is 0.598. The van der Waals surface area contributed by atoms with Gasteiger partial charge in [0, 0.05) is 18.5 Å². The summed E-state index contributed by atoms with van der Waals surface area (Å²) in [6, 6.07) is 22.8. The molecule has 1 atom stereocenters. The van der Waals surface area contributed by atoms with Crippen LogP contribution in [0.25, 0.3) is 0 Å². The molecule has 1 aliphatic heterocycles. The van der Waals surface area contributed by atoms with Crippen molar-refractivity contribution in [2.45, 2.75) is 24.3 Å². The molecule has 0 bridgehead atoms. The van der Waals surface area contributed by atoms with E-state index in [0.717, 1.165) is 5.56 Å². The Morgan fingerprint density at radius 2 is 1.59 bits per heavy atom. The lowest BCUT2D eigenvalue weighted by molar-refractivity contribution is 0.0276. The van der Waals surface area contributed by atoms with E-state index >= 15 is 0 Å². The van der Waals surface area contributed by atoms with E-state index < -0.39 is 22.1 Å². The molecule has 29 heavy (non-hydrogen) atoms. The Kier molecular flexibility index (Phi) is 5.11. The van der Waals surface area contributed by atoms with Gasteiger partial charge in [0.2, 0.25) is 0 Å². The van der Waals surface area contributed by atoms with E-state index in [1.165, 1.54) is 4.31 Å². The minimum Gasteiger partial charge on any atom is -0.454 e. The highest BCUT2D eigenvalue weighted by Crippen LogP contribution is 2.39. The van der Waals surface area contributed by atoms with Gasteiger partial charge in [0.1, 0.15) is 6.10 Å². The van der Waals surface area contributed by atoms with Crippen molar-refractivity contribution >= 4 is 21.7 Å². The third-order valence-corrected chi connectivity index (χ3v) is 6.84. The van der Waals surface area contributed by atoms with Gasteiger partial charge in [-0.15, -0.1) is 0 Å². The maximum atomic E-state index is 13.2. The van der Waals surface area contributed by atoms with Crippen molar-refractivity contribution in [2.24, 2.45) is 0 Å². The predicted octanol–water partition coefficient (Wildman–Crippen LogP) is 4.49. The first kappa shape index (κ1) is 19.2. The molecule has 3 aromatic carbocycles. The number of fused-ring (bicyclic) bond motifs is 1. The molecule has 1 unspecified atom stereocenters. The molecule has 0 saturated heterocycles. The van der Waals surface area contributed by atoms with Gasteiger partial charge in [0.15, 0.2) is 0 Å². The van der Waals surface area contributed by atoms with Gasteiger partial charge in [-0.2, -0.15) is 0 Å². The SMILES string of the molecule is Cc1ccc(S(=O)(=O)N2CCC(OC(=O)c3ccccc3)c3ccccc32)cc1. The van der Waals surface area contributed by atoms with Crippen molar-refractivity contribution in [1.82, 2.24) is 0 Å². The highest BCUT2D eigenvalue weighted by molar-refractivity contribution is 7.92. The Hall–Kier alpha value is -3.12. The molecule has 0 aliphatic carbocycles. The normalized spacial score (nSPS) is 16.2. The number of benzene rings is 3. The number of hydrogen-bond acceptors (Lipinski definition) is 4. The maximum Gasteiger partial charge on any atom is 0.338 e. The second kappa shape index (κ2) is 7.72. The number of nitrogens with zero attached hydrogens (tertiary/aromatic N) is 1. The van der Waals surface area contributed by atoms with Gasteiger partial charge < -0.3 is 4.74 Å². The summed E-state index contributed by atoms with van der Waals surface area (Å²) in [6.45, 7) is 2.15. The van der Waals surface area contributed by atoms with E-state index in [1.807, 2.05) is 25.1 Å². The first-order valence-corrected chi connectivity index (χ1v) is 10.9. The number of carbonyl (C=O) groups is 1. The van der Waals surface area contributed by atoms with E-state index in [2.05, 4.69) is 0 Å². The van der Waals surface area contributed by atoms with Gasteiger partial charge in [-0.1, -0.05) is 54.1 Å². The smallest absolute Gasteiger partial charge is 0.338 e. The largest absolute Gasteiger partial charge is 0.454 e. The number of sulfonamides is 1. The zero-order valence-corrected chi connectivity index (χ0v) is 16.8. The highest BCUT2D eigenvalue weighted by Gasteiger charge is 2.34. The van der Waals surface area contributed by atoms with Gasteiger partial charge in [-0.3, -0.25) is 4.31 Å². The molecule has 5 nitrogen and oxygen atoms in total. The fourth-order valence-corrected chi connectivity index (χ4v) is 4.98. The van der Waals surface area contributed by atoms with Crippen molar-refractivity contribution in [1.29, 1.82) is 0 Å². The highest BCUT2D eigenvalue weighted by atomic mass is 32.2. The van der Waals surface area contributed by atoms with Crippen LogP contribution in [-0.2, 0) is 14.8 Å². The number of rotatable bonds is 4. The first-order chi connectivity index (χ1) is 14.0. The Bertz CT molecular complexity index is 1130. The monoisotopic (exact) mass is 407 g/mol. The summed E-state index contributed by atoms with van der Waals surface area (Å²) in [7, 11) is -3.70. The number of aryl methyl sites for hydroxylation is 1. The van der Waals surface area contributed by atoms with Crippen LogP contribution in [0, 0.1) is 6.92 Å². The second-order valence-corrected chi connectivity index (χ2v) is 8.86. The Morgan fingerprint density at radius 3 is 2.31 bits per heavy atom. The van der Waals surface area contributed by atoms with E-state index in [9.17, 15) is 13.2 Å². The molecule has 0 fully saturated rings. The van der Waals surface area contributed by atoms with Crippen LogP contribution in [0.2, 0.25) is 0 Å². The molecule has 0 saturated carbocycles. The lowest BCUT2D eigenvalue weighted by Gasteiger charge is -2.34. The van der Waals surface area contributed by atoms with Gasteiger partial charge >= 0.3 is 5.97 Å². The summed E-state index contributed by atoms with van der Waals surface area (Å²) in [6.07, 6.45) is -0.107. The van der Waals surface area contributed by atoms with E-state index in [0.29, 0.717) is 23.2 Å². The average Bonchev–Trinajstić information content (AvgIpc) is 2.74. The first-order valence-electron chi connectivity index (χ1n) is 9.41. The summed E-state index contributed by atoms with van der Waals surface area (Å²) in [5, 5.41) is 0. The zero-order chi connectivity index (χ0) is 20.4. The molecule has 1 aliphatic rings. The van der Waals surface area contributed by atoms with Gasteiger partial charge in [0.25, 0.3) is 10.0 Å². The second-order valence-electron chi connectivity index (χ2n) is 7.00. The Labute approximate surface area is 170 Å². The topological polar surface area (TPSA) is 63.7 Å². The molecule has 0 amide bonds. The summed E-state index contributed by atoms with van der Waals surface area (Å²) in [5.41, 5.74) is 2.71. The molecular weight excluding hydrogens is 386 g/mol. The molecule has 0 N–H and O–H groups in total. The fraction of sp³-hybridized carbons (Fsp3) is 0.174. The van der Waals surface area contributed by atoms with Crippen LogP contribution < -0.4 is 4.31 Å². The van der Waals surface area contributed by atoms with Crippen LogP contribution in [0.1, 0.15) is 34.0 Å². The lowest BCUT2D eigenvalue weighted by Crippen LogP contribution is -2.37. The minimum atomic E-state index is -3.70. The number of para-hydroxylation sites is 1. The summed E-state index contributed by atoms with van der Waals surface area (Å²) in [4.78, 5) is 12.7. The summed E-state index contributed by atoms with van der Waals surface area (Å²) >= 11 is 0. The Balaban J connectivity index is 1.65. The van der Waals surface area contributed by atoms with Crippen LogP contribution in [0.3, 0.4) is 0 Å². The van der Waals surface area contributed by atoms with Gasteiger partial charge in [0.05, 0.1) is 16.1 Å². The standard InChI is InChI=1S/C23H21NO4S/c1-17-11-13-19(14-12-17)29(26,27)24-16-15-22(20-9-5-6-10-21(20)24)28-23(25)18-7-3-2-4-8-18/h2-14,22H,15-16H2,1H3. The van der Waals surface area contributed by atoms with Gasteiger partial charge in [-0.05, 0) is 37.3 Å². The molecule has 148 valence electrons. The number of carbonyl (C=O) groups excluding carboxylic acids is 1. The number of anilines is 1. The molecule has 4 rings (SSSR count). The van der Waals surface area contributed by atoms with Crippen LogP contribution in [0.4, 0.5) is 5.69 Å². The Morgan fingerprint density at radius 1 is 0.931 bits per heavy atom. The van der Waals surface area contributed by atoms with Crippen molar-refractivity contribution in [3.05, 3.63) is 95.6 Å². The molecule has 3 aromatic rings. The predicted molar refractivity (Wildman–Crippen MR) is 111 cm³/mol. The third-order valence-electron chi connectivity index (χ3n) is 5.01. The van der Waals surface area contributed by atoms with E-state index in [1.54, 1.807) is 60.7 Å². The summed E-state index contributed by atoms with van der Waals surface area (Å²) < 4.78 is 33.6. The molecular formula is C23H21NO4S. The lowest BCUT2D eigenvalue weighted by atomic mass is 10.0. The van der Waals surface area contributed by atoms with Crippen LogP contribution in [0.5, 0.6) is 0 Å². The van der Waals surface area contributed by atoms with Crippen molar-refractivity contribution in [2.75, 3.05) is 10.8 Å². The van der Waals surface area contributed by atoms with Gasteiger partial charge in [-0.25, -0.2) is 13.2 Å². The van der Waals surface area contributed by atoms with Crippen molar-refractivity contribution < 1.29 is 17.9 Å². The molecule has 0 radical (unpaired) electrons. The molecule has 0 spiro atoms. The van der Waals surface area contributed by atoms with Crippen LogP contribution in [0.15, 0.2) is 83.8 Å². The van der Waals surface area contributed by atoms with Crippen molar-refractivity contribution in [3.8, 4) is 0 Å².